The highest BCUT2D eigenvalue weighted by atomic mass is 35.5. The molecule has 3 unspecified atom stereocenters. The van der Waals surface area contributed by atoms with Gasteiger partial charge in [-0.15, -0.1) is 0 Å². The van der Waals surface area contributed by atoms with E-state index in [9.17, 15) is 9.50 Å². The Kier molecular flexibility index (Phi) is 2.87. The lowest BCUT2D eigenvalue weighted by molar-refractivity contribution is 0.104. The largest absolute Gasteiger partial charge is 0.392 e. The topological polar surface area (TPSA) is 20.2 Å². The van der Waals surface area contributed by atoms with Gasteiger partial charge in [0.15, 0.2) is 0 Å². The monoisotopic (exact) mass is 254 g/mol. The van der Waals surface area contributed by atoms with Gasteiger partial charge in [0.1, 0.15) is 5.82 Å². The van der Waals surface area contributed by atoms with Crippen LogP contribution in [0.1, 0.15) is 24.8 Å². The maximum absolute atomic E-state index is 13.1. The Balaban J connectivity index is 1.67. The predicted molar refractivity (Wildman–Crippen MR) is 65.4 cm³/mol. The Bertz CT molecular complexity index is 424. The van der Waals surface area contributed by atoms with E-state index in [-0.39, 0.29) is 11.9 Å². The van der Waals surface area contributed by atoms with E-state index in [1.165, 1.54) is 18.6 Å². The number of benzene rings is 1. The molecule has 3 rings (SSSR count). The highest BCUT2D eigenvalue weighted by molar-refractivity contribution is 6.31. The lowest BCUT2D eigenvalue weighted by Crippen LogP contribution is -2.21. The zero-order chi connectivity index (χ0) is 12.0. The van der Waals surface area contributed by atoms with Crippen molar-refractivity contribution >= 4 is 11.6 Å². The van der Waals surface area contributed by atoms with Crippen molar-refractivity contribution in [1.29, 1.82) is 0 Å². The van der Waals surface area contributed by atoms with E-state index in [0.29, 0.717) is 17.4 Å². The molecule has 0 saturated heterocycles. The first-order valence-corrected chi connectivity index (χ1v) is 6.63. The van der Waals surface area contributed by atoms with Crippen molar-refractivity contribution in [3.8, 4) is 0 Å². The second-order valence-corrected chi connectivity index (χ2v) is 5.90. The van der Waals surface area contributed by atoms with Crippen molar-refractivity contribution in [1.82, 2.24) is 0 Å². The Hall–Kier alpha value is -0.600. The average molecular weight is 255 g/mol. The average Bonchev–Trinajstić information content (AvgIpc) is 2.91. The molecular formula is C14H16ClFO. The molecule has 2 saturated carbocycles. The molecule has 2 fully saturated rings. The van der Waals surface area contributed by atoms with Gasteiger partial charge in [-0.2, -0.15) is 0 Å². The molecule has 3 atom stereocenters. The smallest absolute Gasteiger partial charge is 0.123 e. The van der Waals surface area contributed by atoms with E-state index in [0.717, 1.165) is 30.2 Å². The summed E-state index contributed by atoms with van der Waals surface area (Å²) in [6.07, 6.45) is 3.73. The van der Waals surface area contributed by atoms with Crippen molar-refractivity contribution in [2.24, 2.45) is 17.8 Å². The first-order valence-electron chi connectivity index (χ1n) is 6.25. The summed E-state index contributed by atoms with van der Waals surface area (Å²) < 4.78 is 13.1. The minimum atomic E-state index is -0.373. The van der Waals surface area contributed by atoms with Crippen LogP contribution in [-0.2, 0) is 6.42 Å². The molecule has 0 spiro atoms. The normalized spacial score (nSPS) is 32.3. The van der Waals surface area contributed by atoms with Crippen LogP contribution in [-0.4, -0.2) is 11.2 Å². The molecule has 92 valence electrons. The zero-order valence-electron chi connectivity index (χ0n) is 9.57. The van der Waals surface area contributed by atoms with Gasteiger partial charge in [0.25, 0.3) is 0 Å². The predicted octanol–water partition coefficient (Wildman–Crippen LogP) is 3.43. The summed E-state index contributed by atoms with van der Waals surface area (Å²) in [6.45, 7) is 0. The fourth-order valence-corrected chi connectivity index (χ4v) is 3.36. The maximum atomic E-state index is 13.1. The molecule has 2 aliphatic carbocycles. The minimum Gasteiger partial charge on any atom is -0.392 e. The van der Waals surface area contributed by atoms with Crippen LogP contribution >= 0.6 is 11.6 Å². The molecule has 0 bridgehead atoms. The van der Waals surface area contributed by atoms with E-state index in [1.54, 1.807) is 6.07 Å². The fourth-order valence-electron chi connectivity index (χ4n) is 3.17. The number of hydrogen-bond donors (Lipinski definition) is 1. The molecule has 1 N–H and O–H groups in total. The Morgan fingerprint density at radius 2 is 2.00 bits per heavy atom. The molecule has 0 amide bonds. The summed E-state index contributed by atoms with van der Waals surface area (Å²) >= 11 is 6.01. The first-order chi connectivity index (χ1) is 8.13. The van der Waals surface area contributed by atoms with Crippen molar-refractivity contribution in [2.45, 2.75) is 31.8 Å². The van der Waals surface area contributed by atoms with Gasteiger partial charge in [-0.25, -0.2) is 4.39 Å². The minimum absolute atomic E-state index is 0.286. The summed E-state index contributed by atoms with van der Waals surface area (Å²) in [6, 6.07) is 4.34. The number of aliphatic hydroxyl groups excluding tert-OH is 1. The van der Waals surface area contributed by atoms with Crippen LogP contribution < -0.4 is 0 Å². The van der Waals surface area contributed by atoms with E-state index < -0.39 is 0 Å². The van der Waals surface area contributed by atoms with E-state index in [4.69, 9.17) is 11.6 Å². The molecule has 0 aliphatic heterocycles. The van der Waals surface area contributed by atoms with Crippen LogP contribution in [0.2, 0.25) is 5.02 Å². The van der Waals surface area contributed by atoms with Crippen LogP contribution in [0, 0.1) is 23.6 Å². The molecular weight excluding hydrogens is 239 g/mol. The Labute approximate surface area is 106 Å². The van der Waals surface area contributed by atoms with E-state index in [2.05, 4.69) is 0 Å². The van der Waals surface area contributed by atoms with Crippen LogP contribution in [0.25, 0.3) is 0 Å². The van der Waals surface area contributed by atoms with Crippen LogP contribution in [0.3, 0.4) is 0 Å². The summed E-state index contributed by atoms with van der Waals surface area (Å²) in [7, 11) is 0. The molecule has 0 radical (unpaired) electrons. The van der Waals surface area contributed by atoms with Gasteiger partial charge in [-0.1, -0.05) is 11.6 Å². The highest BCUT2D eigenvalue weighted by Gasteiger charge is 2.47. The molecule has 2 aliphatic rings. The van der Waals surface area contributed by atoms with Crippen LogP contribution in [0.4, 0.5) is 4.39 Å². The van der Waals surface area contributed by atoms with Crippen molar-refractivity contribution in [3.05, 3.63) is 34.6 Å². The summed E-state index contributed by atoms with van der Waals surface area (Å²) in [4.78, 5) is 0. The molecule has 17 heavy (non-hydrogen) atoms. The molecule has 3 heteroatoms. The second kappa shape index (κ2) is 4.25. The maximum Gasteiger partial charge on any atom is 0.123 e. The lowest BCUT2D eigenvalue weighted by Gasteiger charge is -2.20. The SMILES string of the molecule is OC(Cc1cc(F)ccc1Cl)C1CC2CC2C1. The van der Waals surface area contributed by atoms with Gasteiger partial charge in [0.2, 0.25) is 0 Å². The summed E-state index contributed by atoms with van der Waals surface area (Å²) in [5, 5.41) is 10.7. The van der Waals surface area contributed by atoms with Gasteiger partial charge in [0, 0.05) is 11.4 Å². The van der Waals surface area contributed by atoms with E-state index in [1.807, 2.05) is 0 Å². The van der Waals surface area contributed by atoms with Crippen molar-refractivity contribution < 1.29 is 9.50 Å². The molecule has 0 aromatic heterocycles. The molecule has 1 nitrogen and oxygen atoms in total. The molecule has 0 heterocycles. The van der Waals surface area contributed by atoms with Gasteiger partial charge >= 0.3 is 0 Å². The first kappa shape index (κ1) is 11.5. The van der Waals surface area contributed by atoms with Gasteiger partial charge in [0.05, 0.1) is 6.10 Å². The zero-order valence-corrected chi connectivity index (χ0v) is 10.3. The van der Waals surface area contributed by atoms with Crippen LogP contribution in [0.5, 0.6) is 0 Å². The quantitative estimate of drug-likeness (QED) is 0.876. The van der Waals surface area contributed by atoms with E-state index >= 15 is 0 Å². The number of hydrogen-bond acceptors (Lipinski definition) is 1. The van der Waals surface area contributed by atoms with Gasteiger partial charge < -0.3 is 5.11 Å². The van der Waals surface area contributed by atoms with Gasteiger partial charge in [-0.3, -0.25) is 0 Å². The van der Waals surface area contributed by atoms with Crippen molar-refractivity contribution in [2.75, 3.05) is 0 Å². The number of fused-ring (bicyclic) bond motifs is 1. The Morgan fingerprint density at radius 3 is 2.71 bits per heavy atom. The third-order valence-electron chi connectivity index (χ3n) is 4.26. The molecule has 1 aromatic carbocycles. The highest BCUT2D eigenvalue weighted by Crippen LogP contribution is 2.55. The fraction of sp³-hybridized carbons (Fsp3) is 0.571. The number of rotatable bonds is 3. The summed E-state index contributed by atoms with van der Waals surface area (Å²) in [5.41, 5.74) is 0.722. The van der Waals surface area contributed by atoms with Gasteiger partial charge in [-0.05, 0) is 60.8 Å². The van der Waals surface area contributed by atoms with Crippen molar-refractivity contribution in [3.63, 3.8) is 0 Å². The number of halogens is 2. The standard InChI is InChI=1S/C14H16ClFO/c15-13-2-1-12(16)6-10(13)7-14(17)11-4-8-3-9(8)5-11/h1-2,6,8-9,11,14,17H,3-5,7H2. The number of aliphatic hydroxyl groups is 1. The third-order valence-corrected chi connectivity index (χ3v) is 4.63. The summed E-state index contributed by atoms with van der Waals surface area (Å²) in [5.74, 6) is 1.82. The Morgan fingerprint density at radius 1 is 1.29 bits per heavy atom. The molecule has 1 aromatic rings. The lowest BCUT2D eigenvalue weighted by atomic mass is 9.92. The third kappa shape index (κ3) is 2.34. The van der Waals surface area contributed by atoms with Crippen LogP contribution in [0.15, 0.2) is 18.2 Å². The second-order valence-electron chi connectivity index (χ2n) is 5.49.